The fraction of sp³-hybridized carbons (Fsp3) is 0.444. The first kappa shape index (κ1) is 50.1. The topological polar surface area (TPSA) is 0 Å². The van der Waals surface area contributed by atoms with Crippen LogP contribution in [0.3, 0.4) is 0 Å². The molecule has 4 heteroatoms. The SMILES string of the molecule is CCCCc1cc2c(-c3ccccc3C(C)C)c(C(C)(C)C)ccc2[cH-]1.CCCCc1cc2c(-c3ccccc3C(C)C)c(C(C)(C)C)ccc2[cH-]1.C[Si]C.[Cl][Zr+2][Cl]. The van der Waals surface area contributed by atoms with Crippen molar-refractivity contribution in [1.82, 2.24) is 0 Å². The number of halogens is 2. The Balaban J connectivity index is 0.000000273. The van der Waals surface area contributed by atoms with Crippen LogP contribution in [0, 0.1) is 0 Å². The molecule has 0 atom stereocenters. The summed E-state index contributed by atoms with van der Waals surface area (Å²) in [6.07, 6.45) is 7.39. The summed E-state index contributed by atoms with van der Waals surface area (Å²) in [7, 11) is 11.0. The van der Waals surface area contributed by atoms with Crippen molar-refractivity contribution in [1.29, 1.82) is 0 Å². The maximum absolute atomic E-state index is 4.93. The Morgan fingerprint density at radius 2 is 0.897 bits per heavy atom. The van der Waals surface area contributed by atoms with Crippen LogP contribution in [0.2, 0.25) is 13.1 Å². The molecular weight excluding hydrogens is 839 g/mol. The average Bonchev–Trinajstić information content (AvgIpc) is 3.79. The molecule has 6 aromatic carbocycles. The molecule has 0 aliphatic rings. The fourth-order valence-corrected chi connectivity index (χ4v) is 8.02. The molecule has 0 bridgehead atoms. The molecule has 0 saturated heterocycles. The second kappa shape index (κ2) is 23.7. The summed E-state index contributed by atoms with van der Waals surface area (Å²) in [6, 6.07) is 37.0. The van der Waals surface area contributed by atoms with Crippen LogP contribution in [0.4, 0.5) is 0 Å². The van der Waals surface area contributed by atoms with E-state index in [4.69, 9.17) is 17.0 Å². The fourth-order valence-electron chi connectivity index (χ4n) is 8.02. The molecule has 0 spiro atoms. The molecule has 0 nitrogen and oxygen atoms in total. The van der Waals surface area contributed by atoms with Gasteiger partial charge < -0.3 is 0 Å². The zero-order chi connectivity index (χ0) is 43.2. The number of fused-ring (bicyclic) bond motifs is 2. The van der Waals surface area contributed by atoms with Gasteiger partial charge in [-0.05, 0) is 57.8 Å². The summed E-state index contributed by atoms with van der Waals surface area (Å²) in [6.45, 7) is 32.0. The summed E-state index contributed by atoms with van der Waals surface area (Å²) in [5, 5.41) is 5.63. The average molecular weight is 911 g/mol. The van der Waals surface area contributed by atoms with Crippen molar-refractivity contribution in [2.75, 3.05) is 0 Å². The monoisotopic (exact) mass is 908 g/mol. The molecule has 310 valence electrons. The van der Waals surface area contributed by atoms with E-state index in [2.05, 4.69) is 193 Å². The third-order valence-electron chi connectivity index (χ3n) is 10.9. The normalized spacial score (nSPS) is 11.5. The van der Waals surface area contributed by atoms with Crippen LogP contribution < -0.4 is 0 Å². The molecule has 0 saturated carbocycles. The van der Waals surface area contributed by atoms with E-state index in [0.29, 0.717) is 11.8 Å². The van der Waals surface area contributed by atoms with Gasteiger partial charge in [0.15, 0.2) is 0 Å². The third kappa shape index (κ3) is 13.4. The van der Waals surface area contributed by atoms with E-state index in [9.17, 15) is 0 Å². The molecule has 2 radical (unpaired) electrons. The summed E-state index contributed by atoms with van der Waals surface area (Å²) >= 11 is -0.826. The van der Waals surface area contributed by atoms with Crippen molar-refractivity contribution < 1.29 is 20.8 Å². The zero-order valence-corrected chi connectivity index (χ0v) is 43.4. The molecule has 0 amide bonds. The molecule has 6 aromatic rings. The summed E-state index contributed by atoms with van der Waals surface area (Å²) in [4.78, 5) is 0. The van der Waals surface area contributed by atoms with Gasteiger partial charge >= 0.3 is 37.9 Å². The second-order valence-electron chi connectivity index (χ2n) is 18.5. The van der Waals surface area contributed by atoms with Crippen LogP contribution in [-0.2, 0) is 44.5 Å². The molecule has 0 fully saturated rings. The van der Waals surface area contributed by atoms with E-state index < -0.39 is 20.8 Å². The maximum atomic E-state index is 4.93. The number of unbranched alkanes of at least 4 members (excludes halogenated alkanes) is 2. The predicted molar refractivity (Wildman–Crippen MR) is 262 cm³/mol. The standard InChI is InChI=1S/2C26H33.C2H6Si.2ClH.Zr/c2*1-7-8-11-19-16-20-14-15-24(26(4,5)6)25(23(20)17-19)22-13-10-9-12-21(22)18(2)3;1-3-2;;;/h2*9-10,12-18H,7-8,11H2,1-6H3;1-2H3;2*1H;/q2*-1;;;;+4/p-2. The van der Waals surface area contributed by atoms with Crippen LogP contribution >= 0.6 is 17.0 Å². The van der Waals surface area contributed by atoms with Crippen LogP contribution in [0.5, 0.6) is 0 Å². The summed E-state index contributed by atoms with van der Waals surface area (Å²) < 4.78 is 0. The van der Waals surface area contributed by atoms with Crippen molar-refractivity contribution in [3.05, 3.63) is 130 Å². The second-order valence-corrected chi connectivity index (χ2v) is 23.2. The molecule has 0 heterocycles. The molecule has 0 aliphatic carbocycles. The van der Waals surface area contributed by atoms with Crippen molar-refractivity contribution in [2.24, 2.45) is 0 Å². The van der Waals surface area contributed by atoms with Gasteiger partial charge in [-0.3, -0.25) is 0 Å². The molecular formula is C54H72Cl2SiZr. The van der Waals surface area contributed by atoms with Gasteiger partial charge in [0, 0.05) is 9.52 Å². The van der Waals surface area contributed by atoms with E-state index in [1.54, 1.807) is 0 Å². The van der Waals surface area contributed by atoms with Crippen molar-refractivity contribution in [3.8, 4) is 22.3 Å². The minimum atomic E-state index is -0.826. The van der Waals surface area contributed by atoms with Gasteiger partial charge in [-0.1, -0.05) is 193 Å². The van der Waals surface area contributed by atoms with Crippen LogP contribution in [0.25, 0.3) is 43.8 Å². The Hall–Kier alpha value is -2.22. The van der Waals surface area contributed by atoms with E-state index in [1.165, 1.54) is 116 Å². The molecule has 0 aliphatic heterocycles. The molecule has 58 heavy (non-hydrogen) atoms. The van der Waals surface area contributed by atoms with E-state index in [0.717, 1.165) is 9.52 Å². The number of hydrogen-bond donors (Lipinski definition) is 0. The molecule has 6 rings (SSSR count). The van der Waals surface area contributed by atoms with Gasteiger partial charge in [0.05, 0.1) is 0 Å². The van der Waals surface area contributed by atoms with E-state index >= 15 is 0 Å². The van der Waals surface area contributed by atoms with Gasteiger partial charge in [0.2, 0.25) is 0 Å². The number of rotatable bonds is 10. The van der Waals surface area contributed by atoms with Gasteiger partial charge in [-0.2, -0.15) is 12.1 Å². The van der Waals surface area contributed by atoms with Crippen LogP contribution in [-0.4, -0.2) is 9.52 Å². The predicted octanol–water partition coefficient (Wildman–Crippen LogP) is 18.1. The van der Waals surface area contributed by atoms with Crippen LogP contribution in [0.1, 0.15) is 154 Å². The van der Waals surface area contributed by atoms with Crippen molar-refractivity contribution in [3.63, 3.8) is 0 Å². The first-order valence-electron chi connectivity index (χ1n) is 21.7. The Morgan fingerprint density at radius 3 is 1.19 bits per heavy atom. The van der Waals surface area contributed by atoms with Gasteiger partial charge in [-0.25, -0.2) is 0 Å². The Labute approximate surface area is 376 Å². The Bertz CT molecular complexity index is 1980. The minimum absolute atomic E-state index is 0.120. The Kier molecular flexibility index (Phi) is 20.5. The van der Waals surface area contributed by atoms with E-state index in [1.807, 2.05) is 0 Å². The van der Waals surface area contributed by atoms with Crippen molar-refractivity contribution in [2.45, 2.75) is 157 Å². The van der Waals surface area contributed by atoms with Crippen molar-refractivity contribution >= 4 is 48.1 Å². The summed E-state index contributed by atoms with van der Waals surface area (Å²) in [5.74, 6) is 1.03. The summed E-state index contributed by atoms with van der Waals surface area (Å²) in [5.41, 5.74) is 14.7. The number of hydrogen-bond acceptors (Lipinski definition) is 0. The Morgan fingerprint density at radius 1 is 0.569 bits per heavy atom. The zero-order valence-electron chi connectivity index (χ0n) is 38.4. The molecule has 0 unspecified atom stereocenters. The molecule has 0 aromatic heterocycles. The van der Waals surface area contributed by atoms with Gasteiger partial charge in [0.1, 0.15) is 0 Å². The molecule has 0 N–H and O–H groups in total. The quantitative estimate of drug-likeness (QED) is 0.0949. The number of aryl methyl sites for hydroxylation is 2. The van der Waals surface area contributed by atoms with E-state index in [-0.39, 0.29) is 10.8 Å². The number of benzene rings is 4. The van der Waals surface area contributed by atoms with Crippen LogP contribution in [0.15, 0.2) is 97.1 Å². The van der Waals surface area contributed by atoms with Gasteiger partial charge in [-0.15, -0.1) is 69.1 Å². The third-order valence-corrected chi connectivity index (χ3v) is 10.9. The first-order chi connectivity index (χ1) is 27.5. The first-order valence-corrected chi connectivity index (χ1v) is 30.0. The van der Waals surface area contributed by atoms with Gasteiger partial charge in [0.25, 0.3) is 0 Å².